The normalized spacial score (nSPS) is 11.7. The van der Waals surface area contributed by atoms with Gasteiger partial charge in [-0.1, -0.05) is 53.6 Å². The van der Waals surface area contributed by atoms with E-state index in [0.29, 0.717) is 32.8 Å². The fourth-order valence-electron chi connectivity index (χ4n) is 4.37. The first-order valence-electron chi connectivity index (χ1n) is 12.9. The van der Waals surface area contributed by atoms with Gasteiger partial charge in [0.15, 0.2) is 5.78 Å². The highest BCUT2D eigenvalue weighted by molar-refractivity contribution is 5.88. The third kappa shape index (κ3) is 8.81. The van der Waals surface area contributed by atoms with Crippen LogP contribution < -0.4 is 0 Å². The maximum Gasteiger partial charge on any atom is 0.409 e. The fraction of sp³-hybridized carbons (Fsp3) is 0.464. The lowest BCUT2D eigenvalue weighted by Crippen LogP contribution is -2.41. The molecule has 0 N–H and O–H groups in total. The van der Waals surface area contributed by atoms with Crippen molar-refractivity contribution in [3.8, 4) is 11.1 Å². The number of fused-ring (bicyclic) bond motifs is 3. The molecule has 2 aromatic rings. The van der Waals surface area contributed by atoms with E-state index in [1.165, 1.54) is 23.9 Å². The molecule has 3 rings (SSSR count). The van der Waals surface area contributed by atoms with E-state index < -0.39 is 6.09 Å². The first kappa shape index (κ1) is 29.6. The summed E-state index contributed by atoms with van der Waals surface area (Å²) in [4.78, 5) is 42.6. The second kappa shape index (κ2) is 15.5. The largest absolute Gasteiger partial charge is 0.448 e. The average Bonchev–Trinajstić information content (AvgIpc) is 3.26. The molecule has 11 nitrogen and oxygen atoms in total. The Morgan fingerprint density at radius 3 is 2.13 bits per heavy atom. The summed E-state index contributed by atoms with van der Waals surface area (Å²) in [5.41, 5.74) is 12.7. The summed E-state index contributed by atoms with van der Waals surface area (Å²) in [7, 11) is 3.04. The van der Waals surface area contributed by atoms with E-state index in [1.54, 1.807) is 0 Å². The maximum atomic E-state index is 12.6. The molecule has 208 valence electrons. The van der Waals surface area contributed by atoms with Crippen molar-refractivity contribution in [3.05, 3.63) is 70.1 Å². The summed E-state index contributed by atoms with van der Waals surface area (Å²) >= 11 is 0. The number of hydrogen-bond donors (Lipinski definition) is 0. The van der Waals surface area contributed by atoms with Gasteiger partial charge in [0, 0.05) is 44.5 Å². The van der Waals surface area contributed by atoms with Crippen molar-refractivity contribution < 1.29 is 28.6 Å². The number of benzene rings is 2. The number of nitrogens with zero attached hydrogens (tertiary/aromatic N) is 5. The van der Waals surface area contributed by atoms with Gasteiger partial charge in [0.25, 0.3) is 0 Å². The quantitative estimate of drug-likeness (QED) is 0.137. The predicted octanol–water partition coefficient (Wildman–Crippen LogP) is 4.02. The van der Waals surface area contributed by atoms with Gasteiger partial charge in [-0.05, 0) is 34.2 Å². The zero-order chi connectivity index (χ0) is 28.0. The van der Waals surface area contributed by atoms with Gasteiger partial charge in [0.05, 0.1) is 26.4 Å². The monoisotopic (exact) mass is 537 g/mol. The Morgan fingerprint density at radius 1 is 0.872 bits per heavy atom. The molecule has 0 aromatic heterocycles. The first-order valence-corrected chi connectivity index (χ1v) is 12.9. The van der Waals surface area contributed by atoms with Gasteiger partial charge in [0.2, 0.25) is 5.91 Å². The molecular weight excluding hydrogens is 502 g/mol. The molecule has 0 radical (unpaired) electrons. The van der Waals surface area contributed by atoms with Crippen LogP contribution in [-0.4, -0.2) is 94.3 Å². The van der Waals surface area contributed by atoms with Gasteiger partial charge in [-0.25, -0.2) is 4.79 Å². The van der Waals surface area contributed by atoms with Crippen LogP contribution in [0.5, 0.6) is 0 Å². The van der Waals surface area contributed by atoms with Crippen LogP contribution in [0.1, 0.15) is 29.9 Å². The lowest BCUT2D eigenvalue weighted by molar-refractivity contribution is -0.134. The number of likely N-dealkylation sites (N-methyl/N-ethyl adjacent to an activating group) is 2. The molecule has 1 aliphatic carbocycles. The third-order valence-corrected chi connectivity index (χ3v) is 6.37. The smallest absolute Gasteiger partial charge is 0.409 e. The molecule has 0 bridgehead atoms. The number of carbonyl (C=O) groups is 3. The Labute approximate surface area is 228 Å². The van der Waals surface area contributed by atoms with Crippen molar-refractivity contribution in [3.63, 3.8) is 0 Å². The van der Waals surface area contributed by atoms with E-state index in [1.807, 2.05) is 36.4 Å². The summed E-state index contributed by atoms with van der Waals surface area (Å²) in [5, 5.41) is 3.36. The van der Waals surface area contributed by atoms with Crippen LogP contribution in [0.15, 0.2) is 53.6 Å². The highest BCUT2D eigenvalue weighted by atomic mass is 16.6. The van der Waals surface area contributed by atoms with Crippen LogP contribution >= 0.6 is 0 Å². The van der Waals surface area contributed by atoms with Gasteiger partial charge in [-0.2, -0.15) is 0 Å². The minimum absolute atomic E-state index is 0.0418. The third-order valence-electron chi connectivity index (χ3n) is 6.37. The fourth-order valence-corrected chi connectivity index (χ4v) is 4.37. The first-order chi connectivity index (χ1) is 18.9. The van der Waals surface area contributed by atoms with Crippen LogP contribution in [0.3, 0.4) is 0 Å². The molecule has 0 fully saturated rings. The van der Waals surface area contributed by atoms with Gasteiger partial charge >= 0.3 is 6.09 Å². The van der Waals surface area contributed by atoms with E-state index in [9.17, 15) is 14.4 Å². The van der Waals surface area contributed by atoms with Crippen molar-refractivity contribution in [2.45, 2.75) is 18.8 Å². The zero-order valence-corrected chi connectivity index (χ0v) is 22.5. The Hall–Kier alpha value is -3.92. The molecular formula is C28H35N5O6. The number of azide groups is 1. The Bertz CT molecular complexity index is 1140. The molecule has 0 saturated carbocycles. The van der Waals surface area contributed by atoms with Crippen molar-refractivity contribution in [1.29, 1.82) is 0 Å². The minimum atomic E-state index is -0.594. The molecule has 0 heterocycles. The number of Topliss-reactive ketones (excluding diaryl/α,β-unsaturated/α-hetero) is 1. The van der Waals surface area contributed by atoms with E-state index in [2.05, 4.69) is 22.2 Å². The SMILES string of the molecule is CN(CC(=O)CCCOCCOCCN=[N+]=[N-])C(=O)CN(C)C(=O)OCC1c2ccccc2-c2ccccc21. The Kier molecular flexibility index (Phi) is 11.8. The number of ether oxygens (including phenoxy) is 3. The second-order valence-electron chi connectivity index (χ2n) is 9.23. The number of rotatable bonds is 16. The van der Waals surface area contributed by atoms with E-state index in [4.69, 9.17) is 19.7 Å². The molecule has 2 amide bonds. The minimum Gasteiger partial charge on any atom is -0.448 e. The Morgan fingerprint density at radius 2 is 1.49 bits per heavy atom. The summed E-state index contributed by atoms with van der Waals surface area (Å²) in [6.45, 7) is 1.70. The molecule has 2 aromatic carbocycles. The molecule has 1 aliphatic rings. The number of hydrogen-bond acceptors (Lipinski definition) is 7. The molecule has 39 heavy (non-hydrogen) atoms. The summed E-state index contributed by atoms with van der Waals surface area (Å²) in [5.74, 6) is -0.510. The lowest BCUT2D eigenvalue weighted by Gasteiger charge is -2.22. The molecule has 0 aliphatic heterocycles. The number of ketones is 1. The summed E-state index contributed by atoms with van der Waals surface area (Å²) < 4.78 is 16.2. The van der Waals surface area contributed by atoms with E-state index in [0.717, 1.165) is 22.3 Å². The van der Waals surface area contributed by atoms with Crippen LogP contribution in [-0.2, 0) is 23.8 Å². The van der Waals surface area contributed by atoms with Gasteiger partial charge < -0.3 is 24.0 Å². The van der Waals surface area contributed by atoms with Crippen LogP contribution in [0, 0.1) is 0 Å². The standard InChI is InChI=1S/C28H35N5O6/c1-32(18-21(34)8-7-14-37-16-17-38-15-13-30-31-29)27(35)19-33(2)28(36)39-20-26-24-11-5-3-9-22(24)23-10-4-6-12-25(23)26/h3-6,9-12,26H,7-8,13-20H2,1-2H3. The maximum absolute atomic E-state index is 12.6. The summed E-state index contributed by atoms with van der Waals surface area (Å²) in [6, 6.07) is 16.2. The van der Waals surface area contributed by atoms with Crippen LogP contribution in [0.2, 0.25) is 0 Å². The summed E-state index contributed by atoms with van der Waals surface area (Å²) in [6.07, 6.45) is 0.209. The van der Waals surface area contributed by atoms with Crippen LogP contribution in [0.4, 0.5) is 4.79 Å². The van der Waals surface area contributed by atoms with Crippen LogP contribution in [0.25, 0.3) is 21.6 Å². The molecule has 0 spiro atoms. The van der Waals surface area contributed by atoms with Crippen molar-refractivity contribution in [2.75, 3.05) is 66.8 Å². The lowest BCUT2D eigenvalue weighted by atomic mass is 9.98. The van der Waals surface area contributed by atoms with Crippen molar-refractivity contribution in [1.82, 2.24) is 9.80 Å². The highest BCUT2D eigenvalue weighted by Crippen LogP contribution is 2.44. The average molecular weight is 538 g/mol. The topological polar surface area (TPSA) is 134 Å². The van der Waals surface area contributed by atoms with Gasteiger partial charge in [0.1, 0.15) is 13.2 Å². The Balaban J connectivity index is 1.33. The molecule has 0 unspecified atom stereocenters. The number of amides is 2. The van der Waals surface area contributed by atoms with E-state index in [-0.39, 0.29) is 50.3 Å². The van der Waals surface area contributed by atoms with Gasteiger partial charge in [-0.15, -0.1) is 0 Å². The van der Waals surface area contributed by atoms with Crippen molar-refractivity contribution in [2.24, 2.45) is 5.11 Å². The second-order valence-corrected chi connectivity index (χ2v) is 9.23. The van der Waals surface area contributed by atoms with Crippen molar-refractivity contribution >= 4 is 17.8 Å². The predicted molar refractivity (Wildman–Crippen MR) is 145 cm³/mol. The highest BCUT2D eigenvalue weighted by Gasteiger charge is 2.29. The zero-order valence-electron chi connectivity index (χ0n) is 22.5. The number of carbonyl (C=O) groups excluding carboxylic acids is 3. The molecule has 11 heteroatoms. The molecule has 0 saturated heterocycles. The van der Waals surface area contributed by atoms with E-state index >= 15 is 0 Å². The van der Waals surface area contributed by atoms with Gasteiger partial charge in [-0.3, -0.25) is 9.59 Å². The molecule has 0 atom stereocenters.